The van der Waals surface area contributed by atoms with Gasteiger partial charge in [0.2, 0.25) is 0 Å². The summed E-state index contributed by atoms with van der Waals surface area (Å²) >= 11 is 6.28. The Balaban J connectivity index is 2.14. The summed E-state index contributed by atoms with van der Waals surface area (Å²) < 4.78 is 0. The zero-order chi connectivity index (χ0) is 13.6. The van der Waals surface area contributed by atoms with Crippen molar-refractivity contribution in [2.75, 3.05) is 0 Å². The monoisotopic (exact) mass is 272 g/mol. The zero-order valence-corrected chi connectivity index (χ0v) is 11.9. The first-order valence-corrected chi connectivity index (χ1v) is 6.93. The van der Waals surface area contributed by atoms with Gasteiger partial charge in [0.15, 0.2) is 0 Å². The molecule has 98 valence electrons. The molecule has 0 fully saturated rings. The average Bonchev–Trinajstić information content (AvgIpc) is 2.75. The highest BCUT2D eigenvalue weighted by Gasteiger charge is 2.31. The first-order valence-electron chi connectivity index (χ1n) is 6.55. The lowest BCUT2D eigenvalue weighted by Gasteiger charge is -2.25. The Morgan fingerprint density at radius 1 is 1.05 bits per heavy atom. The molecule has 19 heavy (non-hydrogen) atoms. The Bertz CT molecular complexity index is 625. The molecule has 0 aliphatic heterocycles. The summed E-state index contributed by atoms with van der Waals surface area (Å²) in [5.74, 6) is 0. The molecule has 0 saturated carbocycles. The molecule has 2 heteroatoms. The van der Waals surface area contributed by atoms with E-state index in [9.17, 15) is 5.11 Å². The number of aliphatic hydroxyl groups excluding tert-OH is 1. The highest BCUT2D eigenvalue weighted by Crippen LogP contribution is 2.42. The zero-order valence-electron chi connectivity index (χ0n) is 11.2. The molecular weight excluding hydrogens is 256 g/mol. The van der Waals surface area contributed by atoms with Gasteiger partial charge in [0.05, 0.1) is 11.0 Å². The van der Waals surface area contributed by atoms with Gasteiger partial charge in [-0.2, -0.15) is 0 Å². The van der Waals surface area contributed by atoms with Gasteiger partial charge in [0, 0.05) is 0 Å². The Labute approximate surface area is 118 Å². The van der Waals surface area contributed by atoms with Crippen LogP contribution in [-0.4, -0.2) is 9.98 Å². The van der Waals surface area contributed by atoms with Crippen molar-refractivity contribution >= 4 is 11.6 Å². The molecule has 0 radical (unpaired) electrons. The number of hydrogen-bond acceptors (Lipinski definition) is 1. The summed E-state index contributed by atoms with van der Waals surface area (Å²) in [6, 6.07) is 14.5. The van der Waals surface area contributed by atoms with Gasteiger partial charge in [-0.25, -0.2) is 0 Å². The van der Waals surface area contributed by atoms with Crippen molar-refractivity contribution in [2.45, 2.75) is 31.2 Å². The highest BCUT2D eigenvalue weighted by atomic mass is 35.5. The summed E-state index contributed by atoms with van der Waals surface area (Å²) in [5.41, 5.74) is 6.00. The minimum absolute atomic E-state index is 0.654. The Kier molecular flexibility index (Phi) is 2.92. The van der Waals surface area contributed by atoms with E-state index in [0.29, 0.717) is 0 Å². The smallest absolute Gasteiger partial charge is 0.0979 e. The second kappa shape index (κ2) is 4.36. The van der Waals surface area contributed by atoms with E-state index in [1.54, 1.807) is 0 Å². The summed E-state index contributed by atoms with van der Waals surface area (Å²) in [6.07, 6.45) is 0.226. The molecule has 0 spiro atoms. The van der Waals surface area contributed by atoms with Gasteiger partial charge in [-0.15, -0.1) is 11.6 Å². The number of benzene rings is 2. The van der Waals surface area contributed by atoms with Crippen molar-refractivity contribution in [3.8, 4) is 11.1 Å². The Hall–Kier alpha value is -1.31. The lowest BCUT2D eigenvalue weighted by molar-refractivity contribution is 0.140. The average molecular weight is 273 g/mol. The fraction of sp³-hybridized carbons (Fsp3) is 0.294. The number of rotatable bonds is 2. The second-order valence-electron chi connectivity index (χ2n) is 5.67. The second-order valence-corrected chi connectivity index (χ2v) is 6.65. The molecule has 0 saturated heterocycles. The SMILES string of the molecule is CC(C)(Cl)C(O)c1cccc2c1Cc1ccccc1-2. The Morgan fingerprint density at radius 3 is 2.47 bits per heavy atom. The van der Waals surface area contributed by atoms with Crippen LogP contribution in [0.4, 0.5) is 0 Å². The van der Waals surface area contributed by atoms with Crippen LogP contribution < -0.4 is 0 Å². The molecule has 0 aromatic heterocycles. The van der Waals surface area contributed by atoms with Gasteiger partial charge in [0.25, 0.3) is 0 Å². The van der Waals surface area contributed by atoms with E-state index >= 15 is 0 Å². The maximum atomic E-state index is 10.5. The predicted molar refractivity (Wildman–Crippen MR) is 79.6 cm³/mol. The normalized spacial score (nSPS) is 14.9. The minimum atomic E-state index is -0.663. The molecule has 0 bridgehead atoms. The molecule has 1 nitrogen and oxygen atoms in total. The molecule has 2 aromatic rings. The fourth-order valence-electron chi connectivity index (χ4n) is 2.81. The molecule has 1 aliphatic rings. The summed E-state index contributed by atoms with van der Waals surface area (Å²) in [7, 11) is 0. The van der Waals surface area contributed by atoms with Crippen LogP contribution in [0.25, 0.3) is 11.1 Å². The lowest BCUT2D eigenvalue weighted by Crippen LogP contribution is -2.23. The lowest BCUT2D eigenvalue weighted by atomic mass is 9.91. The number of alkyl halides is 1. The van der Waals surface area contributed by atoms with Gasteiger partial charge >= 0.3 is 0 Å². The summed E-state index contributed by atoms with van der Waals surface area (Å²) in [4.78, 5) is -0.663. The van der Waals surface area contributed by atoms with E-state index in [2.05, 4.69) is 30.3 Å². The van der Waals surface area contributed by atoms with Gasteiger partial charge in [-0.1, -0.05) is 42.5 Å². The third-order valence-corrected chi connectivity index (χ3v) is 4.04. The van der Waals surface area contributed by atoms with Crippen LogP contribution in [0, 0.1) is 0 Å². The van der Waals surface area contributed by atoms with Crippen molar-refractivity contribution in [1.82, 2.24) is 0 Å². The van der Waals surface area contributed by atoms with Crippen molar-refractivity contribution in [3.63, 3.8) is 0 Å². The van der Waals surface area contributed by atoms with Gasteiger partial charge in [0.1, 0.15) is 0 Å². The third-order valence-electron chi connectivity index (χ3n) is 3.83. The molecule has 2 aromatic carbocycles. The standard InChI is InChI=1S/C17H17ClO/c1-17(2,18)16(19)14-9-5-8-13-12-7-4-3-6-11(12)10-15(13)14/h3-9,16,19H,10H2,1-2H3. The fourth-order valence-corrected chi connectivity index (χ4v) is 2.93. The molecule has 0 amide bonds. The van der Waals surface area contributed by atoms with Crippen LogP contribution in [-0.2, 0) is 6.42 Å². The van der Waals surface area contributed by atoms with Crippen LogP contribution in [0.15, 0.2) is 42.5 Å². The maximum Gasteiger partial charge on any atom is 0.0979 e. The van der Waals surface area contributed by atoms with Gasteiger partial charge in [-0.05, 0) is 48.1 Å². The van der Waals surface area contributed by atoms with E-state index in [1.165, 1.54) is 22.3 Å². The maximum absolute atomic E-state index is 10.5. The van der Waals surface area contributed by atoms with E-state index < -0.39 is 11.0 Å². The number of fused-ring (bicyclic) bond motifs is 3. The van der Waals surface area contributed by atoms with Crippen LogP contribution in [0.5, 0.6) is 0 Å². The molecular formula is C17H17ClO. The number of halogens is 1. The van der Waals surface area contributed by atoms with Crippen LogP contribution >= 0.6 is 11.6 Å². The largest absolute Gasteiger partial charge is 0.387 e. The third kappa shape index (κ3) is 2.07. The Morgan fingerprint density at radius 2 is 1.74 bits per heavy atom. The predicted octanol–water partition coefficient (Wildman–Crippen LogP) is 4.31. The van der Waals surface area contributed by atoms with Crippen molar-refractivity contribution < 1.29 is 5.11 Å². The van der Waals surface area contributed by atoms with Crippen LogP contribution in [0.2, 0.25) is 0 Å². The highest BCUT2D eigenvalue weighted by molar-refractivity contribution is 6.23. The summed E-state index contributed by atoms with van der Waals surface area (Å²) in [6.45, 7) is 3.70. The molecule has 0 heterocycles. The molecule has 1 N–H and O–H groups in total. The van der Waals surface area contributed by atoms with Gasteiger partial charge < -0.3 is 5.11 Å². The first-order chi connectivity index (χ1) is 8.98. The van der Waals surface area contributed by atoms with Crippen LogP contribution in [0.1, 0.15) is 36.6 Å². The first kappa shape index (κ1) is 12.7. The molecule has 3 rings (SSSR count). The topological polar surface area (TPSA) is 20.2 Å². The van der Waals surface area contributed by atoms with Crippen molar-refractivity contribution in [1.29, 1.82) is 0 Å². The van der Waals surface area contributed by atoms with E-state index in [0.717, 1.165) is 12.0 Å². The number of hydrogen-bond donors (Lipinski definition) is 1. The van der Waals surface area contributed by atoms with E-state index in [1.807, 2.05) is 26.0 Å². The van der Waals surface area contributed by atoms with Crippen molar-refractivity contribution in [2.24, 2.45) is 0 Å². The molecule has 1 unspecified atom stereocenters. The van der Waals surface area contributed by atoms with E-state index in [4.69, 9.17) is 11.6 Å². The van der Waals surface area contributed by atoms with Gasteiger partial charge in [-0.3, -0.25) is 0 Å². The number of aliphatic hydroxyl groups is 1. The van der Waals surface area contributed by atoms with E-state index in [-0.39, 0.29) is 0 Å². The molecule has 1 aliphatic carbocycles. The summed E-state index contributed by atoms with van der Waals surface area (Å²) in [5, 5.41) is 10.5. The minimum Gasteiger partial charge on any atom is -0.387 e. The molecule has 1 atom stereocenters. The quantitative estimate of drug-likeness (QED) is 0.689. The van der Waals surface area contributed by atoms with Crippen LogP contribution in [0.3, 0.4) is 0 Å². The van der Waals surface area contributed by atoms with Crippen molar-refractivity contribution in [3.05, 3.63) is 59.2 Å².